The summed E-state index contributed by atoms with van der Waals surface area (Å²) in [5, 5.41) is 11.5. The highest BCUT2D eigenvalue weighted by atomic mass is 19.1. The minimum Gasteiger partial charge on any atom is -0.478 e. The Hall–Kier alpha value is -2.76. The second-order valence-corrected chi connectivity index (χ2v) is 4.37. The largest absolute Gasteiger partial charge is 0.478 e. The molecular formula is C15H13FN2O3. The Morgan fingerprint density at radius 1 is 1.29 bits per heavy atom. The molecule has 2 aromatic rings. The molecule has 108 valence electrons. The van der Waals surface area contributed by atoms with E-state index in [4.69, 9.17) is 5.11 Å². The van der Waals surface area contributed by atoms with Crippen molar-refractivity contribution >= 4 is 11.9 Å². The fraction of sp³-hybridized carbons (Fsp3) is 0.133. The van der Waals surface area contributed by atoms with Crippen LogP contribution in [0, 0.1) is 5.82 Å². The van der Waals surface area contributed by atoms with Gasteiger partial charge < -0.3 is 10.4 Å². The van der Waals surface area contributed by atoms with Crippen LogP contribution in [0.1, 0.15) is 26.3 Å². The summed E-state index contributed by atoms with van der Waals surface area (Å²) < 4.78 is 13.3. The number of pyridine rings is 1. The first-order chi connectivity index (χ1) is 10.1. The van der Waals surface area contributed by atoms with Gasteiger partial charge in [-0.3, -0.25) is 9.78 Å². The molecule has 5 nitrogen and oxygen atoms in total. The van der Waals surface area contributed by atoms with E-state index in [1.807, 2.05) is 0 Å². The lowest BCUT2D eigenvalue weighted by molar-refractivity contribution is 0.0696. The molecule has 0 aliphatic heterocycles. The molecule has 0 radical (unpaired) electrons. The summed E-state index contributed by atoms with van der Waals surface area (Å²) in [5.41, 5.74) is 0.911. The molecule has 0 spiro atoms. The van der Waals surface area contributed by atoms with Gasteiger partial charge in [0.05, 0.1) is 17.3 Å². The lowest BCUT2D eigenvalue weighted by atomic mass is 10.1. The highest BCUT2D eigenvalue weighted by Gasteiger charge is 2.10. The van der Waals surface area contributed by atoms with Gasteiger partial charge in [-0.1, -0.05) is 12.1 Å². The van der Waals surface area contributed by atoms with Crippen molar-refractivity contribution in [2.75, 3.05) is 6.54 Å². The quantitative estimate of drug-likeness (QED) is 0.880. The fourth-order valence-corrected chi connectivity index (χ4v) is 1.83. The van der Waals surface area contributed by atoms with Crippen LogP contribution in [-0.2, 0) is 6.42 Å². The number of nitrogens with one attached hydrogen (secondary N) is 1. The molecule has 1 aromatic heterocycles. The second kappa shape index (κ2) is 6.60. The molecule has 2 N–H and O–H groups in total. The molecule has 0 fully saturated rings. The van der Waals surface area contributed by atoms with Gasteiger partial charge in [0.15, 0.2) is 5.82 Å². The summed E-state index contributed by atoms with van der Waals surface area (Å²) in [5.74, 6) is -2.20. The van der Waals surface area contributed by atoms with Crippen LogP contribution in [0.15, 0.2) is 42.7 Å². The zero-order chi connectivity index (χ0) is 15.2. The monoisotopic (exact) mass is 288 g/mol. The van der Waals surface area contributed by atoms with Gasteiger partial charge in [0.25, 0.3) is 5.91 Å². The third-order valence-corrected chi connectivity index (χ3v) is 2.89. The summed E-state index contributed by atoms with van der Waals surface area (Å²) in [4.78, 5) is 26.2. The van der Waals surface area contributed by atoms with Crippen molar-refractivity contribution in [3.8, 4) is 0 Å². The van der Waals surface area contributed by atoms with E-state index in [9.17, 15) is 14.0 Å². The van der Waals surface area contributed by atoms with Crippen molar-refractivity contribution in [3.63, 3.8) is 0 Å². The molecule has 2 rings (SSSR count). The fourth-order valence-electron chi connectivity index (χ4n) is 1.83. The summed E-state index contributed by atoms with van der Waals surface area (Å²) in [6, 6.07) is 7.75. The van der Waals surface area contributed by atoms with E-state index < -0.39 is 17.7 Å². The Morgan fingerprint density at radius 3 is 2.81 bits per heavy atom. The smallest absolute Gasteiger partial charge is 0.335 e. The van der Waals surface area contributed by atoms with Crippen LogP contribution >= 0.6 is 0 Å². The number of hydrogen-bond acceptors (Lipinski definition) is 3. The maximum absolute atomic E-state index is 13.3. The summed E-state index contributed by atoms with van der Waals surface area (Å²) in [6.07, 6.45) is 2.78. The Balaban J connectivity index is 1.93. The average molecular weight is 288 g/mol. The average Bonchev–Trinajstić information content (AvgIpc) is 2.48. The van der Waals surface area contributed by atoms with Crippen molar-refractivity contribution < 1.29 is 19.1 Å². The Morgan fingerprint density at radius 2 is 2.10 bits per heavy atom. The van der Waals surface area contributed by atoms with Gasteiger partial charge in [0.1, 0.15) is 0 Å². The first kappa shape index (κ1) is 14.6. The molecule has 0 saturated carbocycles. The molecule has 0 bridgehead atoms. The van der Waals surface area contributed by atoms with Crippen molar-refractivity contribution in [1.82, 2.24) is 10.3 Å². The summed E-state index contributed by atoms with van der Waals surface area (Å²) >= 11 is 0. The van der Waals surface area contributed by atoms with E-state index in [2.05, 4.69) is 10.3 Å². The van der Waals surface area contributed by atoms with Crippen LogP contribution in [0.4, 0.5) is 4.39 Å². The molecule has 0 aliphatic carbocycles. The highest BCUT2D eigenvalue weighted by Crippen LogP contribution is 2.07. The SMILES string of the molecule is O=C(O)c1cccc(CCNC(=O)c2ccncc2F)c1. The van der Waals surface area contributed by atoms with Crippen molar-refractivity contribution in [1.29, 1.82) is 0 Å². The number of carbonyl (C=O) groups excluding carboxylic acids is 1. The maximum Gasteiger partial charge on any atom is 0.335 e. The van der Waals surface area contributed by atoms with E-state index in [0.29, 0.717) is 6.42 Å². The van der Waals surface area contributed by atoms with E-state index in [-0.39, 0.29) is 17.7 Å². The van der Waals surface area contributed by atoms with Gasteiger partial charge in [-0.05, 0) is 30.2 Å². The Bertz CT molecular complexity index is 673. The van der Waals surface area contributed by atoms with Crippen LogP contribution in [-0.4, -0.2) is 28.5 Å². The molecule has 0 unspecified atom stereocenters. The molecule has 1 heterocycles. The number of carboxylic acids is 1. The lowest BCUT2D eigenvalue weighted by Gasteiger charge is -2.06. The number of halogens is 1. The number of aromatic nitrogens is 1. The van der Waals surface area contributed by atoms with Crippen LogP contribution in [0.5, 0.6) is 0 Å². The molecule has 21 heavy (non-hydrogen) atoms. The van der Waals surface area contributed by atoms with Crippen molar-refractivity contribution in [3.05, 3.63) is 65.2 Å². The molecule has 0 saturated heterocycles. The lowest BCUT2D eigenvalue weighted by Crippen LogP contribution is -2.26. The van der Waals surface area contributed by atoms with Gasteiger partial charge in [-0.25, -0.2) is 9.18 Å². The first-order valence-corrected chi connectivity index (χ1v) is 6.28. The third kappa shape index (κ3) is 3.85. The predicted octanol–water partition coefficient (Wildman–Crippen LogP) is 1.89. The van der Waals surface area contributed by atoms with E-state index in [1.165, 1.54) is 18.3 Å². The van der Waals surface area contributed by atoms with Crippen LogP contribution in [0.25, 0.3) is 0 Å². The van der Waals surface area contributed by atoms with Crippen LogP contribution < -0.4 is 5.32 Å². The van der Waals surface area contributed by atoms with Crippen molar-refractivity contribution in [2.45, 2.75) is 6.42 Å². The highest BCUT2D eigenvalue weighted by molar-refractivity contribution is 5.94. The predicted molar refractivity (Wildman–Crippen MR) is 73.6 cm³/mol. The number of amides is 1. The van der Waals surface area contributed by atoms with Gasteiger partial charge in [0.2, 0.25) is 0 Å². The maximum atomic E-state index is 13.3. The van der Waals surface area contributed by atoms with Gasteiger partial charge >= 0.3 is 5.97 Å². The molecular weight excluding hydrogens is 275 g/mol. The van der Waals surface area contributed by atoms with Gasteiger partial charge in [-0.15, -0.1) is 0 Å². The normalized spacial score (nSPS) is 10.1. The second-order valence-electron chi connectivity index (χ2n) is 4.37. The summed E-state index contributed by atoms with van der Waals surface area (Å²) in [6.45, 7) is 0.281. The van der Waals surface area contributed by atoms with Crippen molar-refractivity contribution in [2.24, 2.45) is 0 Å². The number of hydrogen-bond donors (Lipinski definition) is 2. The Kier molecular flexibility index (Phi) is 4.61. The van der Waals surface area contributed by atoms with Gasteiger partial charge in [0, 0.05) is 12.7 Å². The minimum absolute atomic E-state index is 0.0655. The minimum atomic E-state index is -1.00. The van der Waals surface area contributed by atoms with Gasteiger partial charge in [-0.2, -0.15) is 0 Å². The standard InChI is InChI=1S/C15H13FN2O3/c16-13-9-17-6-5-12(13)14(19)18-7-4-10-2-1-3-11(8-10)15(20)21/h1-3,5-6,8-9H,4,7H2,(H,18,19)(H,20,21). The zero-order valence-corrected chi connectivity index (χ0v) is 11.0. The molecule has 6 heteroatoms. The molecule has 1 amide bonds. The first-order valence-electron chi connectivity index (χ1n) is 6.28. The Labute approximate surface area is 120 Å². The van der Waals surface area contributed by atoms with Crippen LogP contribution in [0.2, 0.25) is 0 Å². The van der Waals surface area contributed by atoms with E-state index in [0.717, 1.165) is 11.8 Å². The number of carbonyl (C=O) groups is 2. The number of rotatable bonds is 5. The number of aromatic carboxylic acids is 1. The van der Waals surface area contributed by atoms with E-state index >= 15 is 0 Å². The number of carboxylic acid groups (broad SMARTS) is 1. The topological polar surface area (TPSA) is 79.3 Å². The third-order valence-electron chi connectivity index (χ3n) is 2.89. The van der Waals surface area contributed by atoms with E-state index in [1.54, 1.807) is 18.2 Å². The number of nitrogens with zero attached hydrogens (tertiary/aromatic N) is 1. The molecule has 0 aliphatic rings. The molecule has 0 atom stereocenters. The zero-order valence-electron chi connectivity index (χ0n) is 11.0. The summed E-state index contributed by atoms with van der Waals surface area (Å²) in [7, 11) is 0. The van der Waals surface area contributed by atoms with Crippen LogP contribution in [0.3, 0.4) is 0 Å². The molecule has 1 aromatic carbocycles. The number of benzene rings is 1.